The minimum Gasteiger partial charge on any atom is -0.634 e. The summed E-state index contributed by atoms with van der Waals surface area (Å²) in [6.07, 6.45) is 4.79. The molecule has 1 unspecified atom stereocenters. The van der Waals surface area contributed by atoms with Crippen LogP contribution in [-0.4, -0.2) is 58.8 Å². The van der Waals surface area contributed by atoms with Gasteiger partial charge in [-0.05, 0) is 25.3 Å². The Hall–Kier alpha value is 0.947. The summed E-state index contributed by atoms with van der Waals surface area (Å²) >= 11 is 0. The second-order valence-electron chi connectivity index (χ2n) is 8.77. The first kappa shape index (κ1) is 31.5. The number of hydrogen-bond acceptors (Lipinski definition) is 8. The molecule has 1 aliphatic carbocycles. The van der Waals surface area contributed by atoms with Gasteiger partial charge in [0.15, 0.2) is 17.5 Å². The predicted molar refractivity (Wildman–Crippen MR) is 128 cm³/mol. The molecule has 9 nitrogen and oxygen atoms in total. The van der Waals surface area contributed by atoms with Crippen LogP contribution in [0.25, 0.3) is 11.2 Å². The van der Waals surface area contributed by atoms with E-state index in [1.54, 1.807) is 12.5 Å². The van der Waals surface area contributed by atoms with E-state index in [-0.39, 0.29) is 150 Å². The molecule has 36 heavy (non-hydrogen) atoms. The van der Waals surface area contributed by atoms with Gasteiger partial charge in [0.2, 0.25) is 5.88 Å². The molecule has 2 fully saturated rings. The Morgan fingerprint density at radius 1 is 1.28 bits per heavy atom. The van der Waals surface area contributed by atoms with Crippen LogP contribution in [0.5, 0.6) is 5.88 Å². The average molecular weight is 651 g/mol. The van der Waals surface area contributed by atoms with Crippen LogP contribution in [0.2, 0.25) is 5.54 Å². The first-order chi connectivity index (χ1) is 16.6. The molecule has 3 aromatic rings. The second-order valence-corrected chi connectivity index (χ2v) is 9.77. The molecule has 1 aliphatic heterocycles. The molecule has 2 aromatic heterocycles. The Balaban J connectivity index is 0.00000180. The average Bonchev–Trinajstić information content (AvgIpc) is 3.53. The molecule has 0 bridgehead atoms. The summed E-state index contributed by atoms with van der Waals surface area (Å²) < 4.78 is 20.5. The molecule has 0 amide bonds. The van der Waals surface area contributed by atoms with E-state index in [4.69, 9.17) is 19.2 Å². The molecule has 1 spiro atoms. The summed E-state index contributed by atoms with van der Waals surface area (Å²) in [5, 5.41) is 0. The maximum absolute atomic E-state index is 10.2. The van der Waals surface area contributed by atoms with Gasteiger partial charge in [0, 0.05) is 6.21 Å². The minimum absolute atomic E-state index is 0. The second kappa shape index (κ2) is 14.0. The molecule has 5 rings (SSSR count). The van der Waals surface area contributed by atoms with Crippen molar-refractivity contribution in [3.8, 4) is 5.88 Å². The van der Waals surface area contributed by atoms with Crippen molar-refractivity contribution >= 4 is 33.1 Å². The van der Waals surface area contributed by atoms with E-state index in [9.17, 15) is 4.80 Å². The van der Waals surface area contributed by atoms with Gasteiger partial charge in [0.25, 0.3) is 5.95 Å². The van der Waals surface area contributed by atoms with Crippen LogP contribution in [0.1, 0.15) is 45.2 Å². The monoisotopic (exact) mass is 649 g/mol. The summed E-state index contributed by atoms with van der Waals surface area (Å²) in [5.74, 6) is 0.883. The molecule has 1 saturated heterocycles. The SMILES string of the molecule is C/C=N/c1nc(OCc2ccccc2)c2ncn([C@H]3C[C@H]([Si-]O)[C@@H](CC)[C@@]34COC(C)O4)c2n1.[Rb+].[Rb+]. The van der Waals surface area contributed by atoms with E-state index < -0.39 is 5.60 Å². The van der Waals surface area contributed by atoms with Crippen LogP contribution in [0.3, 0.4) is 0 Å². The van der Waals surface area contributed by atoms with Gasteiger partial charge >= 0.3 is 116 Å². The normalized spacial score (nSPS) is 27.4. The standard InChI is InChI=1S/C24H29N5O4Si.2Rb/c1-4-17-18(34-30)11-19(24(17)13-32-15(3)33-24)29-14-26-20-21(29)27-23(25-5-2)28-22(20)31-12-16-9-7-6-8-10-16;;/h5-10,14-15,17-19,30H,4,11-13H2,1-3H3;;/q-1;2*+1/b25-5+;;/t15?,17-,18+,19+,24+;;/m1../s1. The molecular weight excluding hydrogens is 621 g/mol. The van der Waals surface area contributed by atoms with E-state index in [1.165, 1.54) is 0 Å². The first-order valence-electron chi connectivity index (χ1n) is 11.7. The number of hydrogen-bond donors (Lipinski definition) is 1. The fourth-order valence-corrected chi connectivity index (χ4v) is 6.44. The summed E-state index contributed by atoms with van der Waals surface area (Å²) in [7, 11) is -0.162. The van der Waals surface area contributed by atoms with E-state index in [1.807, 2.05) is 48.7 Å². The molecule has 5 atom stereocenters. The van der Waals surface area contributed by atoms with E-state index >= 15 is 0 Å². The Bertz CT molecular complexity index is 1180. The zero-order chi connectivity index (χ0) is 23.7. The van der Waals surface area contributed by atoms with Crippen LogP contribution >= 0.6 is 0 Å². The Kier molecular flexibility index (Phi) is 12.3. The van der Waals surface area contributed by atoms with Crippen molar-refractivity contribution in [1.29, 1.82) is 0 Å². The summed E-state index contributed by atoms with van der Waals surface area (Å²) in [6, 6.07) is 9.84. The van der Waals surface area contributed by atoms with Crippen molar-refractivity contribution in [2.45, 2.75) is 63.7 Å². The predicted octanol–water partition coefficient (Wildman–Crippen LogP) is -2.36. The minimum atomic E-state index is -0.549. The van der Waals surface area contributed by atoms with E-state index in [2.05, 4.69) is 21.9 Å². The fraction of sp³-hybridized carbons (Fsp3) is 0.500. The number of nitrogens with zero attached hydrogens (tertiary/aromatic N) is 5. The number of aromatic nitrogens is 4. The van der Waals surface area contributed by atoms with Crippen molar-refractivity contribution in [3.05, 3.63) is 42.2 Å². The van der Waals surface area contributed by atoms with Crippen molar-refractivity contribution < 1.29 is 135 Å². The van der Waals surface area contributed by atoms with Crippen LogP contribution in [0, 0.1) is 5.92 Å². The van der Waals surface area contributed by atoms with Gasteiger partial charge in [-0.2, -0.15) is 15.5 Å². The van der Waals surface area contributed by atoms with Crippen LogP contribution in [0.15, 0.2) is 41.7 Å². The summed E-state index contributed by atoms with van der Waals surface area (Å²) in [6.45, 7) is 6.73. The third-order valence-electron chi connectivity index (χ3n) is 6.87. The van der Waals surface area contributed by atoms with Gasteiger partial charge in [0.05, 0.1) is 19.0 Å². The topological polar surface area (TPSA) is 104 Å². The number of imidazole rings is 1. The molecule has 1 aromatic carbocycles. The van der Waals surface area contributed by atoms with Crippen molar-refractivity contribution in [3.63, 3.8) is 0 Å². The molecule has 179 valence electrons. The number of fused-ring (bicyclic) bond motifs is 1. The van der Waals surface area contributed by atoms with E-state index in [0.717, 1.165) is 18.4 Å². The molecule has 1 N–H and O–H groups in total. The van der Waals surface area contributed by atoms with Gasteiger partial charge in [0.1, 0.15) is 12.2 Å². The van der Waals surface area contributed by atoms with Crippen molar-refractivity contribution in [2.24, 2.45) is 10.9 Å². The van der Waals surface area contributed by atoms with Gasteiger partial charge in [-0.1, -0.05) is 50.1 Å². The molecule has 2 aliphatic rings. The molecule has 1 radical (unpaired) electrons. The number of aliphatic imine (C=N–C) groups is 1. The summed E-state index contributed by atoms with van der Waals surface area (Å²) in [4.78, 5) is 28.4. The molecule has 12 heteroatoms. The molecule has 1 saturated carbocycles. The van der Waals surface area contributed by atoms with Crippen LogP contribution < -0.4 is 121 Å². The number of rotatable bonds is 7. The first-order valence-corrected chi connectivity index (χ1v) is 12.7. The Morgan fingerprint density at radius 3 is 2.69 bits per heavy atom. The maximum Gasteiger partial charge on any atom is 1.00 e. The Morgan fingerprint density at radius 2 is 2.06 bits per heavy atom. The fourth-order valence-electron chi connectivity index (χ4n) is 5.41. The van der Waals surface area contributed by atoms with Gasteiger partial charge in [-0.25, -0.2) is 9.98 Å². The smallest absolute Gasteiger partial charge is 0.634 e. The van der Waals surface area contributed by atoms with Gasteiger partial charge in [-0.3, -0.25) is 9.76 Å². The van der Waals surface area contributed by atoms with Gasteiger partial charge in [-0.15, -0.1) is 0 Å². The number of ether oxygens (including phenoxy) is 3. The van der Waals surface area contributed by atoms with E-state index in [0.29, 0.717) is 36.2 Å². The molecular formula is C24H29N5O4Rb2Si+. The maximum atomic E-state index is 10.2. The van der Waals surface area contributed by atoms with Crippen molar-refractivity contribution in [2.75, 3.05) is 6.61 Å². The largest absolute Gasteiger partial charge is 1.00 e. The third kappa shape index (κ3) is 6.15. The molecule has 3 heterocycles. The third-order valence-corrected chi connectivity index (χ3v) is 7.84. The zero-order valence-electron chi connectivity index (χ0n) is 21.6. The zero-order valence-corrected chi connectivity index (χ0v) is 32.4. The number of benzene rings is 1. The quantitative estimate of drug-likeness (QED) is 0.226. The Labute approximate surface area is 311 Å². The van der Waals surface area contributed by atoms with Crippen LogP contribution in [-0.2, 0) is 16.1 Å². The van der Waals surface area contributed by atoms with Crippen LogP contribution in [0.4, 0.5) is 5.95 Å². The summed E-state index contributed by atoms with van der Waals surface area (Å²) in [5.41, 5.74) is 1.84. The van der Waals surface area contributed by atoms with Gasteiger partial charge < -0.3 is 23.6 Å². The van der Waals surface area contributed by atoms with Crippen molar-refractivity contribution in [1.82, 2.24) is 19.5 Å².